The number of H-pyrrole nitrogens is 1. The van der Waals surface area contributed by atoms with Crippen molar-refractivity contribution in [1.82, 2.24) is 15.3 Å². The van der Waals surface area contributed by atoms with Crippen LogP contribution in [0.4, 0.5) is 0 Å². The first-order chi connectivity index (χ1) is 9.79. The molecule has 0 fully saturated rings. The van der Waals surface area contributed by atoms with Gasteiger partial charge in [0.2, 0.25) is 0 Å². The summed E-state index contributed by atoms with van der Waals surface area (Å²) in [4.78, 5) is 18.9. The maximum atomic E-state index is 12.0. The fraction of sp³-hybridized carbons (Fsp3) is 0.200. The van der Waals surface area contributed by atoms with Crippen molar-refractivity contribution in [3.8, 4) is 11.8 Å². The van der Waals surface area contributed by atoms with Crippen molar-refractivity contribution < 1.29 is 4.79 Å². The summed E-state index contributed by atoms with van der Waals surface area (Å²) in [6, 6.07) is 7.18. The van der Waals surface area contributed by atoms with E-state index in [1.54, 1.807) is 24.7 Å². The molecule has 1 heterocycles. The molecule has 20 heavy (non-hydrogen) atoms. The molecule has 5 heteroatoms. The van der Waals surface area contributed by atoms with Crippen LogP contribution in [0.15, 0.2) is 36.8 Å². The van der Waals surface area contributed by atoms with Gasteiger partial charge in [-0.1, -0.05) is 17.9 Å². The Hall–Kier alpha value is -2.58. The van der Waals surface area contributed by atoms with E-state index in [4.69, 9.17) is 5.73 Å². The fourth-order valence-electron chi connectivity index (χ4n) is 1.73. The number of amides is 1. The number of hydrogen-bond donors (Lipinski definition) is 3. The molecular formula is C15H16N4O. The Morgan fingerprint density at radius 3 is 3.10 bits per heavy atom. The number of nitrogens with two attached hydrogens (primary N) is 1. The largest absolute Gasteiger partial charge is 0.352 e. The Morgan fingerprint density at radius 2 is 2.35 bits per heavy atom. The molecule has 0 spiro atoms. The average molecular weight is 268 g/mol. The van der Waals surface area contributed by atoms with Crippen molar-refractivity contribution in [2.24, 2.45) is 5.73 Å². The predicted molar refractivity (Wildman–Crippen MR) is 77.0 cm³/mol. The Bertz CT molecular complexity index is 623. The Kier molecular flexibility index (Phi) is 4.93. The lowest BCUT2D eigenvalue weighted by Crippen LogP contribution is -2.25. The van der Waals surface area contributed by atoms with Crippen molar-refractivity contribution in [2.75, 3.05) is 13.1 Å². The van der Waals surface area contributed by atoms with Gasteiger partial charge in [0.1, 0.15) is 0 Å². The molecule has 0 saturated heterocycles. The van der Waals surface area contributed by atoms with Crippen molar-refractivity contribution in [3.05, 3.63) is 53.6 Å². The number of nitrogens with one attached hydrogen (secondary N) is 2. The number of benzene rings is 1. The van der Waals surface area contributed by atoms with Gasteiger partial charge in [0, 0.05) is 36.0 Å². The highest BCUT2D eigenvalue weighted by molar-refractivity contribution is 5.94. The van der Waals surface area contributed by atoms with Crippen LogP contribution in [0.25, 0.3) is 0 Å². The maximum Gasteiger partial charge on any atom is 0.251 e. The van der Waals surface area contributed by atoms with Crippen LogP contribution in [0.2, 0.25) is 0 Å². The van der Waals surface area contributed by atoms with E-state index in [1.165, 1.54) is 0 Å². The molecule has 0 atom stereocenters. The highest BCUT2D eigenvalue weighted by Crippen LogP contribution is 2.04. The Morgan fingerprint density at radius 1 is 1.45 bits per heavy atom. The van der Waals surface area contributed by atoms with E-state index in [0.717, 1.165) is 17.7 Å². The van der Waals surface area contributed by atoms with Crippen LogP contribution in [0.3, 0.4) is 0 Å². The lowest BCUT2D eigenvalue weighted by molar-refractivity contribution is 0.0954. The summed E-state index contributed by atoms with van der Waals surface area (Å²) >= 11 is 0. The lowest BCUT2D eigenvalue weighted by atomic mass is 10.1. The molecule has 0 saturated carbocycles. The average Bonchev–Trinajstić information content (AvgIpc) is 2.98. The van der Waals surface area contributed by atoms with Crippen LogP contribution in [0.1, 0.15) is 21.6 Å². The van der Waals surface area contributed by atoms with E-state index >= 15 is 0 Å². The van der Waals surface area contributed by atoms with Crippen LogP contribution in [0.5, 0.6) is 0 Å². The topological polar surface area (TPSA) is 83.8 Å². The highest BCUT2D eigenvalue weighted by Gasteiger charge is 2.05. The minimum atomic E-state index is -0.110. The third-order valence-corrected chi connectivity index (χ3v) is 2.69. The second-order valence-corrected chi connectivity index (χ2v) is 4.17. The third kappa shape index (κ3) is 3.97. The summed E-state index contributed by atoms with van der Waals surface area (Å²) in [5, 5.41) is 2.86. The van der Waals surface area contributed by atoms with Crippen molar-refractivity contribution in [1.29, 1.82) is 0 Å². The SMILES string of the molecule is NCC#Cc1cccc(C(=O)NCCc2cnc[nH]2)c1. The summed E-state index contributed by atoms with van der Waals surface area (Å²) in [6.07, 6.45) is 4.09. The van der Waals surface area contributed by atoms with Gasteiger partial charge in [0.25, 0.3) is 5.91 Å². The van der Waals surface area contributed by atoms with Gasteiger partial charge >= 0.3 is 0 Å². The van der Waals surface area contributed by atoms with E-state index < -0.39 is 0 Å². The summed E-state index contributed by atoms with van der Waals surface area (Å²) in [6.45, 7) is 0.861. The number of imidazole rings is 1. The Balaban J connectivity index is 1.91. The van der Waals surface area contributed by atoms with Gasteiger partial charge in [-0.3, -0.25) is 4.79 Å². The highest BCUT2D eigenvalue weighted by atomic mass is 16.1. The molecule has 1 aromatic carbocycles. The summed E-state index contributed by atoms with van der Waals surface area (Å²) in [7, 11) is 0. The van der Waals surface area contributed by atoms with Crippen molar-refractivity contribution in [2.45, 2.75) is 6.42 Å². The number of hydrogen-bond acceptors (Lipinski definition) is 3. The number of aromatic amines is 1. The van der Waals surface area contributed by atoms with Crippen LogP contribution >= 0.6 is 0 Å². The van der Waals surface area contributed by atoms with Gasteiger partial charge in [-0.15, -0.1) is 0 Å². The van der Waals surface area contributed by atoms with E-state index in [-0.39, 0.29) is 5.91 Å². The van der Waals surface area contributed by atoms with Crippen LogP contribution in [0, 0.1) is 11.8 Å². The molecule has 2 aromatic rings. The van der Waals surface area contributed by atoms with E-state index in [1.807, 2.05) is 12.1 Å². The molecule has 2 rings (SSSR count). The molecule has 0 unspecified atom stereocenters. The first-order valence-electron chi connectivity index (χ1n) is 6.34. The van der Waals surface area contributed by atoms with E-state index in [2.05, 4.69) is 27.1 Å². The second-order valence-electron chi connectivity index (χ2n) is 4.17. The van der Waals surface area contributed by atoms with Crippen LogP contribution in [-0.4, -0.2) is 29.0 Å². The monoisotopic (exact) mass is 268 g/mol. The van der Waals surface area contributed by atoms with E-state index in [0.29, 0.717) is 18.7 Å². The summed E-state index contributed by atoms with van der Waals surface area (Å²) < 4.78 is 0. The molecule has 0 aliphatic rings. The molecule has 102 valence electrons. The van der Waals surface area contributed by atoms with Gasteiger partial charge in [-0.05, 0) is 18.2 Å². The molecule has 0 radical (unpaired) electrons. The van der Waals surface area contributed by atoms with Gasteiger partial charge < -0.3 is 16.0 Å². The predicted octanol–water partition coefficient (Wildman–Crippen LogP) is 0.692. The first-order valence-corrected chi connectivity index (χ1v) is 6.34. The summed E-state index contributed by atoms with van der Waals surface area (Å²) in [5.74, 6) is 5.57. The molecule has 1 amide bonds. The summed E-state index contributed by atoms with van der Waals surface area (Å²) in [5.41, 5.74) is 7.70. The normalized spacial score (nSPS) is 9.65. The van der Waals surface area contributed by atoms with E-state index in [9.17, 15) is 4.79 Å². The maximum absolute atomic E-state index is 12.0. The quantitative estimate of drug-likeness (QED) is 0.713. The third-order valence-electron chi connectivity index (χ3n) is 2.69. The molecular weight excluding hydrogens is 252 g/mol. The van der Waals surface area contributed by atoms with Crippen molar-refractivity contribution in [3.63, 3.8) is 0 Å². The lowest BCUT2D eigenvalue weighted by Gasteiger charge is -2.04. The van der Waals surface area contributed by atoms with Gasteiger partial charge in [0.05, 0.1) is 12.9 Å². The first kappa shape index (κ1) is 13.8. The number of carbonyl (C=O) groups excluding carboxylic acids is 1. The number of aromatic nitrogens is 2. The van der Waals surface area contributed by atoms with Crippen LogP contribution in [-0.2, 0) is 6.42 Å². The molecule has 4 N–H and O–H groups in total. The molecule has 0 aliphatic carbocycles. The second kappa shape index (κ2) is 7.12. The molecule has 5 nitrogen and oxygen atoms in total. The number of rotatable bonds is 4. The standard InChI is InChI=1S/C15H16N4O/c16-7-2-4-12-3-1-5-13(9-12)15(20)18-8-6-14-10-17-11-19-14/h1,3,5,9-11H,6-8,16H2,(H,17,19)(H,18,20). The number of carbonyl (C=O) groups is 1. The Labute approximate surface area is 117 Å². The zero-order valence-electron chi connectivity index (χ0n) is 11.0. The fourth-order valence-corrected chi connectivity index (χ4v) is 1.73. The zero-order valence-corrected chi connectivity index (χ0v) is 11.0. The molecule has 0 aliphatic heterocycles. The molecule has 1 aromatic heterocycles. The minimum absolute atomic E-state index is 0.110. The minimum Gasteiger partial charge on any atom is -0.352 e. The van der Waals surface area contributed by atoms with Gasteiger partial charge in [0.15, 0.2) is 0 Å². The van der Waals surface area contributed by atoms with Crippen LogP contribution < -0.4 is 11.1 Å². The molecule has 0 bridgehead atoms. The number of nitrogens with zero attached hydrogens (tertiary/aromatic N) is 1. The zero-order chi connectivity index (χ0) is 14.2. The van der Waals surface area contributed by atoms with Gasteiger partial charge in [-0.25, -0.2) is 4.98 Å². The van der Waals surface area contributed by atoms with Crippen molar-refractivity contribution >= 4 is 5.91 Å². The smallest absolute Gasteiger partial charge is 0.251 e. The van der Waals surface area contributed by atoms with Gasteiger partial charge in [-0.2, -0.15) is 0 Å².